The molecule has 1 atom stereocenters. The molecule has 0 aromatic heterocycles. The van der Waals surface area contributed by atoms with Gasteiger partial charge in [0.25, 0.3) is 0 Å². The van der Waals surface area contributed by atoms with E-state index in [1.165, 1.54) is 19.2 Å². The average Bonchev–Trinajstić information content (AvgIpc) is 2.77. The Bertz CT molecular complexity index is 649. The molecule has 1 rings (SSSR count). The topological polar surface area (TPSA) is 134 Å². The SMILES string of the molecule is [2H]NC(=O)OCc1ccc(OP(=O)(OCCOC)OCCOCCOCCOC)cc1. The van der Waals surface area contributed by atoms with E-state index in [9.17, 15) is 9.36 Å². The number of hydrogen-bond acceptors (Lipinski definition) is 10. The molecule has 0 aliphatic heterocycles. The molecule has 0 radical (unpaired) electrons. The van der Waals surface area contributed by atoms with Crippen molar-refractivity contribution >= 4 is 13.9 Å². The fourth-order valence-corrected chi connectivity index (χ4v) is 3.08. The standard InChI is InChI=1S/C18H30NO10P/c1-22-7-9-24-10-11-25-12-14-28-30(21,27-13-8-23-2)29-17-5-3-16(4-6-17)15-26-18(19)20/h3-6H,7-15H2,1-2H3,(H2,19,20)/i/hD. The van der Waals surface area contributed by atoms with Gasteiger partial charge in [0.05, 0.1) is 52.9 Å². The average molecular weight is 452 g/mol. The maximum Gasteiger partial charge on any atom is 0.530 e. The molecule has 0 heterocycles. The van der Waals surface area contributed by atoms with E-state index < -0.39 is 13.9 Å². The minimum Gasteiger partial charge on any atom is -0.445 e. The van der Waals surface area contributed by atoms with Crippen LogP contribution in [0.4, 0.5) is 4.79 Å². The lowest BCUT2D eigenvalue weighted by molar-refractivity contribution is 0.0140. The van der Waals surface area contributed by atoms with Gasteiger partial charge >= 0.3 is 13.9 Å². The van der Waals surface area contributed by atoms with Crippen LogP contribution in [0.5, 0.6) is 5.75 Å². The molecule has 1 amide bonds. The summed E-state index contributed by atoms with van der Waals surface area (Å²) in [6.45, 7) is 2.09. The zero-order valence-electron chi connectivity index (χ0n) is 18.2. The molecule has 0 saturated carbocycles. The van der Waals surface area contributed by atoms with Crippen LogP contribution in [0.25, 0.3) is 0 Å². The third-order valence-corrected chi connectivity index (χ3v) is 4.76. The van der Waals surface area contributed by atoms with Crippen LogP contribution in [0.1, 0.15) is 5.56 Å². The first-order valence-corrected chi connectivity index (χ1v) is 10.6. The van der Waals surface area contributed by atoms with Gasteiger partial charge < -0.3 is 33.9 Å². The zero-order chi connectivity index (χ0) is 22.8. The number of rotatable bonds is 18. The number of phosphoric acid groups is 1. The second-order valence-corrected chi connectivity index (χ2v) is 7.23. The molecule has 1 unspecified atom stereocenters. The highest BCUT2D eigenvalue weighted by Crippen LogP contribution is 2.49. The molecule has 0 fully saturated rings. The Morgan fingerprint density at radius 1 is 0.900 bits per heavy atom. The summed E-state index contributed by atoms with van der Waals surface area (Å²) in [5.41, 5.74) is 2.25. The largest absolute Gasteiger partial charge is 0.530 e. The fourth-order valence-electron chi connectivity index (χ4n) is 1.92. The number of hydrogen-bond donors (Lipinski definition) is 1. The Morgan fingerprint density at radius 2 is 1.43 bits per heavy atom. The molecule has 12 heteroatoms. The van der Waals surface area contributed by atoms with E-state index in [2.05, 4.69) is 0 Å². The number of amides is 1. The van der Waals surface area contributed by atoms with Crippen LogP contribution in [0.15, 0.2) is 24.3 Å². The lowest BCUT2D eigenvalue weighted by Crippen LogP contribution is -2.13. The van der Waals surface area contributed by atoms with Gasteiger partial charge in [-0.05, 0) is 17.7 Å². The van der Waals surface area contributed by atoms with E-state index >= 15 is 0 Å². The van der Waals surface area contributed by atoms with Gasteiger partial charge in [-0.2, -0.15) is 0 Å². The van der Waals surface area contributed by atoms with Crippen LogP contribution in [-0.4, -0.2) is 73.2 Å². The minimum atomic E-state index is -3.92. The molecule has 11 nitrogen and oxygen atoms in total. The summed E-state index contributed by atoms with van der Waals surface area (Å²) in [6.07, 6.45) is -0.867. The van der Waals surface area contributed by atoms with Crippen LogP contribution in [0.2, 0.25) is 1.41 Å². The molecule has 0 aliphatic carbocycles. The van der Waals surface area contributed by atoms with E-state index in [1.54, 1.807) is 25.0 Å². The predicted molar refractivity (Wildman–Crippen MR) is 106 cm³/mol. The number of ether oxygens (including phenoxy) is 5. The van der Waals surface area contributed by atoms with Crippen molar-refractivity contribution in [2.24, 2.45) is 5.73 Å². The summed E-state index contributed by atoms with van der Waals surface area (Å²) in [7, 11) is -0.840. The molecule has 0 saturated heterocycles. The number of benzene rings is 1. The van der Waals surface area contributed by atoms with Crippen molar-refractivity contribution < 1.29 is 48.0 Å². The Hall–Kier alpha value is -1.72. The molecule has 0 bridgehead atoms. The van der Waals surface area contributed by atoms with E-state index in [-0.39, 0.29) is 38.8 Å². The molecule has 172 valence electrons. The van der Waals surface area contributed by atoms with Gasteiger partial charge in [-0.1, -0.05) is 12.1 Å². The first-order valence-electron chi connectivity index (χ1n) is 9.68. The van der Waals surface area contributed by atoms with Crippen LogP contribution in [-0.2, 0) is 43.9 Å². The predicted octanol–water partition coefficient (Wildman–Crippen LogP) is 2.13. The van der Waals surface area contributed by atoms with Crippen molar-refractivity contribution in [1.29, 1.82) is 0 Å². The van der Waals surface area contributed by atoms with Crippen LogP contribution in [0, 0.1) is 0 Å². The van der Waals surface area contributed by atoms with Gasteiger partial charge in [0, 0.05) is 14.2 Å². The maximum absolute atomic E-state index is 12.9. The summed E-state index contributed by atoms with van der Waals surface area (Å²) in [5, 5.41) is 0. The third-order valence-electron chi connectivity index (χ3n) is 3.33. The highest BCUT2D eigenvalue weighted by atomic mass is 31.2. The van der Waals surface area contributed by atoms with Crippen molar-refractivity contribution in [3.05, 3.63) is 29.8 Å². The molecule has 0 aliphatic rings. The van der Waals surface area contributed by atoms with Crippen LogP contribution < -0.4 is 10.3 Å². The summed E-state index contributed by atoms with van der Waals surface area (Å²) in [6, 6.07) is 6.28. The monoisotopic (exact) mass is 452 g/mol. The lowest BCUT2D eigenvalue weighted by Gasteiger charge is -2.18. The van der Waals surface area contributed by atoms with Crippen molar-refractivity contribution in [2.45, 2.75) is 6.61 Å². The molecule has 2 N–H and O–H groups in total. The van der Waals surface area contributed by atoms with Crippen molar-refractivity contribution in [3.63, 3.8) is 0 Å². The fraction of sp³-hybridized carbons (Fsp3) is 0.611. The van der Waals surface area contributed by atoms with Gasteiger partial charge in [0.2, 0.25) is 0 Å². The van der Waals surface area contributed by atoms with Crippen molar-refractivity contribution in [2.75, 3.05) is 67.1 Å². The molecule has 30 heavy (non-hydrogen) atoms. The number of carbonyl (C=O) groups excluding carboxylic acids is 1. The summed E-state index contributed by atoms with van der Waals surface area (Å²) in [4.78, 5) is 10.9. The summed E-state index contributed by atoms with van der Waals surface area (Å²) < 4.78 is 60.7. The van der Waals surface area contributed by atoms with E-state index in [1.807, 2.05) is 0 Å². The normalized spacial score (nSPS) is 13.3. The third kappa shape index (κ3) is 12.8. The van der Waals surface area contributed by atoms with Crippen LogP contribution in [0.3, 0.4) is 0 Å². The number of nitrogens with two attached hydrogens (primary N) is 1. The quantitative estimate of drug-likeness (QED) is 0.261. The summed E-state index contributed by atoms with van der Waals surface area (Å²) in [5.74, 6) is 0.238. The van der Waals surface area contributed by atoms with Crippen molar-refractivity contribution in [1.82, 2.24) is 0 Å². The maximum atomic E-state index is 12.9. The smallest absolute Gasteiger partial charge is 0.445 e. The molecular formula is C18H30NO10P. The first kappa shape index (κ1) is 24.5. The molecular weight excluding hydrogens is 421 g/mol. The first-order chi connectivity index (χ1) is 15.0. The van der Waals surface area contributed by atoms with E-state index in [4.69, 9.17) is 38.7 Å². The van der Waals surface area contributed by atoms with Gasteiger partial charge in [-0.15, -0.1) is 0 Å². The zero-order valence-corrected chi connectivity index (χ0v) is 18.1. The van der Waals surface area contributed by atoms with E-state index in [0.29, 0.717) is 32.0 Å². The second kappa shape index (κ2) is 16.0. The van der Waals surface area contributed by atoms with Crippen molar-refractivity contribution in [3.8, 4) is 5.75 Å². The number of carbonyl (C=O) groups is 1. The highest BCUT2D eigenvalue weighted by molar-refractivity contribution is 7.48. The summed E-state index contributed by atoms with van der Waals surface area (Å²) >= 11 is 0. The minimum absolute atomic E-state index is 0.0101. The Balaban J connectivity index is 2.47. The number of methoxy groups -OCH3 is 2. The van der Waals surface area contributed by atoms with Gasteiger partial charge in [0.1, 0.15) is 12.4 Å². The Morgan fingerprint density at radius 3 is 2.03 bits per heavy atom. The number of phosphoric ester groups is 1. The Labute approximate surface area is 177 Å². The van der Waals surface area contributed by atoms with Gasteiger partial charge in [-0.25, -0.2) is 9.36 Å². The highest BCUT2D eigenvalue weighted by Gasteiger charge is 2.28. The Kier molecular flexibility index (Phi) is 13.1. The number of primary amides is 1. The molecule has 1 aromatic rings. The second-order valence-electron chi connectivity index (χ2n) is 5.64. The van der Waals surface area contributed by atoms with E-state index in [0.717, 1.165) is 0 Å². The van der Waals surface area contributed by atoms with Gasteiger partial charge in [-0.3, -0.25) is 9.05 Å². The lowest BCUT2D eigenvalue weighted by atomic mass is 10.2. The molecule has 0 spiro atoms. The molecule has 1 aromatic carbocycles. The van der Waals surface area contributed by atoms with Crippen LogP contribution >= 0.6 is 7.82 Å². The van der Waals surface area contributed by atoms with Gasteiger partial charge in [0.15, 0.2) is 1.41 Å².